The molecule has 0 radical (unpaired) electrons. The van der Waals surface area contributed by atoms with E-state index in [4.69, 9.17) is 0 Å². The van der Waals surface area contributed by atoms with Gasteiger partial charge in [-0.25, -0.2) is 4.90 Å². The maximum Gasteiger partial charge on any atom is 0.417 e. The van der Waals surface area contributed by atoms with Gasteiger partial charge in [-0.2, -0.15) is 26.3 Å². The van der Waals surface area contributed by atoms with Gasteiger partial charge in [0, 0.05) is 10.8 Å². The summed E-state index contributed by atoms with van der Waals surface area (Å²) in [5.74, 6) is -1.06. The number of para-hydroxylation sites is 1. The van der Waals surface area contributed by atoms with Crippen molar-refractivity contribution >= 4 is 39.3 Å². The van der Waals surface area contributed by atoms with Crippen LogP contribution in [0.2, 0.25) is 0 Å². The number of halogens is 6. The summed E-state index contributed by atoms with van der Waals surface area (Å²) in [6, 6.07) is 43.0. The second kappa shape index (κ2) is 12.8. The quantitative estimate of drug-likeness (QED) is 0.130. The van der Waals surface area contributed by atoms with Gasteiger partial charge in [0.2, 0.25) is 0 Å². The van der Waals surface area contributed by atoms with E-state index in [9.17, 15) is 35.9 Å². The van der Waals surface area contributed by atoms with Gasteiger partial charge in [0.15, 0.2) is 0 Å². The molecule has 10 heteroatoms. The van der Waals surface area contributed by atoms with Crippen molar-refractivity contribution < 1.29 is 35.9 Å². The molecule has 2 heterocycles. The molecule has 2 amide bonds. The Balaban J connectivity index is 1.20. The second-order valence-electron chi connectivity index (χ2n) is 13.5. The number of rotatable bonds is 5. The molecule has 274 valence electrons. The van der Waals surface area contributed by atoms with E-state index in [0.717, 1.165) is 28.3 Å². The van der Waals surface area contributed by atoms with Crippen LogP contribution in [0.4, 0.5) is 32.0 Å². The summed E-state index contributed by atoms with van der Waals surface area (Å²) >= 11 is 0. The Bertz CT molecular complexity index is 2820. The number of carbonyl (C=O) groups excluding carboxylic acids is 2. The van der Waals surface area contributed by atoms with E-state index in [-0.39, 0.29) is 22.8 Å². The summed E-state index contributed by atoms with van der Waals surface area (Å²) < 4.78 is 84.9. The Labute approximate surface area is 315 Å². The third-order valence-corrected chi connectivity index (χ3v) is 10.2. The van der Waals surface area contributed by atoms with Crippen molar-refractivity contribution in [3.05, 3.63) is 180 Å². The minimum Gasteiger partial charge on any atom is -0.308 e. The molecule has 0 bridgehead atoms. The topological polar surface area (TPSA) is 42.3 Å². The highest BCUT2D eigenvalue weighted by molar-refractivity contribution is 6.36. The summed E-state index contributed by atoms with van der Waals surface area (Å²) in [4.78, 5) is 30.1. The molecule has 0 saturated heterocycles. The van der Waals surface area contributed by atoms with E-state index in [0.29, 0.717) is 39.2 Å². The van der Waals surface area contributed by atoms with Gasteiger partial charge in [-0.15, -0.1) is 0 Å². The standard InChI is InChI=1S/C46H26F6N2O2/c47-45(48,49)32-19-20-34(38(26-32)46(50,51)52)29-18-21-40-37(25-29)35-14-7-8-16-39(35)54(40)41-17-9-15-36-42(41)44(56)53(43(36)55)33-23-30(27-10-3-1-4-11-27)22-31(24-33)28-12-5-2-6-13-28/h1-26H. The van der Waals surface area contributed by atoms with Crippen LogP contribution in [0.5, 0.6) is 0 Å². The lowest BCUT2D eigenvalue weighted by Gasteiger charge is -2.18. The van der Waals surface area contributed by atoms with Gasteiger partial charge in [-0.05, 0) is 94.0 Å². The van der Waals surface area contributed by atoms with Crippen molar-refractivity contribution in [1.82, 2.24) is 4.57 Å². The third kappa shape index (κ3) is 5.72. The summed E-state index contributed by atoms with van der Waals surface area (Å²) in [6.07, 6.45) is -10.0. The van der Waals surface area contributed by atoms with Crippen molar-refractivity contribution in [3.8, 4) is 39.1 Å². The smallest absolute Gasteiger partial charge is 0.308 e. The van der Waals surface area contributed by atoms with Crippen LogP contribution in [0.15, 0.2) is 158 Å². The first-order valence-corrected chi connectivity index (χ1v) is 17.5. The fraction of sp³-hybridized carbons (Fsp3) is 0.0435. The maximum atomic E-state index is 14.7. The van der Waals surface area contributed by atoms with Crippen molar-refractivity contribution in [2.45, 2.75) is 12.4 Å². The molecule has 0 unspecified atom stereocenters. The predicted molar refractivity (Wildman–Crippen MR) is 205 cm³/mol. The number of benzene rings is 7. The van der Waals surface area contributed by atoms with Crippen LogP contribution in [-0.4, -0.2) is 16.4 Å². The summed E-state index contributed by atoms with van der Waals surface area (Å²) in [7, 11) is 0. The van der Waals surface area contributed by atoms with E-state index in [2.05, 4.69) is 0 Å². The number of carbonyl (C=O) groups is 2. The first-order chi connectivity index (χ1) is 26.9. The van der Waals surface area contributed by atoms with Crippen molar-refractivity contribution in [2.24, 2.45) is 0 Å². The average Bonchev–Trinajstić information content (AvgIpc) is 3.67. The fourth-order valence-electron chi connectivity index (χ4n) is 7.63. The van der Waals surface area contributed by atoms with E-state index >= 15 is 0 Å². The number of hydrogen-bond acceptors (Lipinski definition) is 2. The van der Waals surface area contributed by atoms with Crippen molar-refractivity contribution in [3.63, 3.8) is 0 Å². The molecule has 0 spiro atoms. The molecule has 4 nitrogen and oxygen atoms in total. The number of alkyl halides is 6. The molecule has 0 saturated carbocycles. The molecule has 0 aliphatic carbocycles. The van der Waals surface area contributed by atoms with Crippen LogP contribution >= 0.6 is 0 Å². The molecule has 8 aromatic rings. The summed E-state index contributed by atoms with van der Waals surface area (Å²) in [5.41, 5.74) is 2.45. The molecular weight excluding hydrogens is 727 g/mol. The highest BCUT2D eigenvalue weighted by Gasteiger charge is 2.41. The van der Waals surface area contributed by atoms with Crippen LogP contribution in [-0.2, 0) is 12.4 Å². The Morgan fingerprint density at radius 1 is 0.429 bits per heavy atom. The van der Waals surface area contributed by atoms with E-state index in [1.807, 2.05) is 78.9 Å². The first-order valence-electron chi connectivity index (χ1n) is 17.5. The molecule has 1 aliphatic rings. The molecule has 1 aliphatic heterocycles. The number of nitrogens with zero attached hydrogens (tertiary/aromatic N) is 2. The molecule has 0 fully saturated rings. The lowest BCUT2D eigenvalue weighted by Crippen LogP contribution is -2.29. The van der Waals surface area contributed by atoms with E-state index in [1.54, 1.807) is 53.1 Å². The van der Waals surface area contributed by atoms with Gasteiger partial charge in [-0.3, -0.25) is 9.59 Å². The van der Waals surface area contributed by atoms with Gasteiger partial charge in [0.1, 0.15) is 0 Å². The molecule has 0 N–H and O–H groups in total. The minimum absolute atomic E-state index is 0.0599. The summed E-state index contributed by atoms with van der Waals surface area (Å²) in [6.45, 7) is 0. The van der Waals surface area contributed by atoms with Gasteiger partial charge < -0.3 is 4.57 Å². The Morgan fingerprint density at radius 3 is 1.70 bits per heavy atom. The van der Waals surface area contributed by atoms with Gasteiger partial charge in [-0.1, -0.05) is 97.1 Å². The first kappa shape index (κ1) is 34.8. The number of hydrogen-bond donors (Lipinski definition) is 0. The monoisotopic (exact) mass is 752 g/mol. The lowest BCUT2D eigenvalue weighted by molar-refractivity contribution is -0.142. The summed E-state index contributed by atoms with van der Waals surface area (Å²) in [5, 5.41) is 1.12. The van der Waals surface area contributed by atoms with Crippen LogP contribution < -0.4 is 4.90 Å². The van der Waals surface area contributed by atoms with Crippen LogP contribution in [0.25, 0.3) is 60.9 Å². The van der Waals surface area contributed by atoms with Crippen LogP contribution in [0.1, 0.15) is 31.8 Å². The Kier molecular flexibility index (Phi) is 7.98. The highest BCUT2D eigenvalue weighted by Crippen LogP contribution is 2.44. The predicted octanol–water partition coefficient (Wildman–Crippen LogP) is 12.6. The van der Waals surface area contributed by atoms with Crippen molar-refractivity contribution in [2.75, 3.05) is 4.90 Å². The normalized spacial score (nSPS) is 13.2. The van der Waals surface area contributed by atoms with Gasteiger partial charge in [0.25, 0.3) is 11.8 Å². The molecule has 7 aromatic carbocycles. The zero-order valence-corrected chi connectivity index (χ0v) is 29.0. The zero-order valence-electron chi connectivity index (χ0n) is 29.0. The van der Waals surface area contributed by atoms with Gasteiger partial charge in [0.05, 0.1) is 44.7 Å². The zero-order chi connectivity index (χ0) is 38.9. The fourth-order valence-corrected chi connectivity index (χ4v) is 7.63. The molecule has 9 rings (SSSR count). The molecule has 0 atom stereocenters. The number of anilines is 1. The third-order valence-electron chi connectivity index (χ3n) is 10.2. The Morgan fingerprint density at radius 2 is 1.05 bits per heavy atom. The van der Waals surface area contributed by atoms with Crippen molar-refractivity contribution in [1.29, 1.82) is 0 Å². The number of amides is 2. The highest BCUT2D eigenvalue weighted by atomic mass is 19.4. The second-order valence-corrected chi connectivity index (χ2v) is 13.5. The SMILES string of the molecule is O=C1c2cccc(-n3c4ccccc4c4cc(-c5ccc(C(F)(F)F)cc5C(F)(F)F)ccc43)c2C(=O)N1c1cc(-c2ccccc2)cc(-c2ccccc2)c1. The Hall–Kier alpha value is -6.94. The maximum absolute atomic E-state index is 14.7. The van der Waals surface area contributed by atoms with Crippen LogP contribution in [0.3, 0.4) is 0 Å². The minimum atomic E-state index is -5.06. The van der Waals surface area contributed by atoms with E-state index < -0.39 is 40.9 Å². The molecule has 56 heavy (non-hydrogen) atoms. The number of imide groups is 1. The van der Waals surface area contributed by atoms with E-state index in [1.165, 1.54) is 17.0 Å². The number of aromatic nitrogens is 1. The largest absolute Gasteiger partial charge is 0.417 e. The van der Waals surface area contributed by atoms with Crippen LogP contribution in [0, 0.1) is 0 Å². The average molecular weight is 753 g/mol. The molecular formula is C46H26F6N2O2. The van der Waals surface area contributed by atoms with Gasteiger partial charge >= 0.3 is 12.4 Å². The molecule has 1 aromatic heterocycles. The number of fused-ring (bicyclic) bond motifs is 4. The lowest BCUT2D eigenvalue weighted by atomic mass is 9.95.